The monoisotopic (exact) mass is 607 g/mol. The number of benzene rings is 3. The van der Waals surface area contributed by atoms with Crippen molar-refractivity contribution in [1.82, 2.24) is 9.47 Å². The Morgan fingerprint density at radius 2 is 1.69 bits per heavy atom. The second kappa shape index (κ2) is 13.2. The van der Waals surface area contributed by atoms with Gasteiger partial charge in [-0.2, -0.15) is 0 Å². The maximum absolute atomic E-state index is 14.1. The first-order valence-electron chi connectivity index (χ1n) is 15.0. The minimum Gasteiger partial charge on any atom is -0.508 e. The standard InChI is InChI=1S/C36H37N3O6/c1-36(2,3)45-35(42)37-18-16-26(21-27(24-37)20-25-10-6-4-7-11-25)22-33(41)30-17-19-38(34(30)28-12-8-5-9-13-28)32-23-29(40)14-15-31(32)39(43)44/h4-15,17,19,21,23,27,40H,16,18,20,22,24H2,1-3H3/t27-/m0/s1. The molecule has 2 heterocycles. The van der Waals surface area contributed by atoms with Crippen LogP contribution in [0.25, 0.3) is 16.9 Å². The Hall–Kier alpha value is -5.18. The van der Waals surface area contributed by atoms with Gasteiger partial charge in [0.2, 0.25) is 0 Å². The molecule has 0 spiro atoms. The smallest absolute Gasteiger partial charge is 0.410 e. The van der Waals surface area contributed by atoms with Crippen LogP contribution in [0.3, 0.4) is 0 Å². The molecule has 4 aromatic rings. The summed E-state index contributed by atoms with van der Waals surface area (Å²) in [5.41, 5.74) is 2.99. The number of carbonyl (C=O) groups is 2. The maximum Gasteiger partial charge on any atom is 0.410 e. The fraction of sp³-hybridized carbons (Fsp3) is 0.278. The van der Waals surface area contributed by atoms with E-state index in [1.165, 1.54) is 18.2 Å². The molecule has 5 rings (SSSR count). The molecule has 3 aromatic carbocycles. The van der Waals surface area contributed by atoms with Gasteiger partial charge in [-0.1, -0.05) is 72.3 Å². The summed E-state index contributed by atoms with van der Waals surface area (Å²) in [7, 11) is 0. The van der Waals surface area contributed by atoms with E-state index in [9.17, 15) is 24.8 Å². The highest BCUT2D eigenvalue weighted by Crippen LogP contribution is 2.35. The SMILES string of the molecule is CC(C)(C)OC(=O)N1CCC(CC(=O)c2ccn(-c3cc(O)ccc3[N+](=O)[O-])c2-c2ccccc2)=C[C@H](Cc2ccccc2)C1. The normalized spacial score (nSPS) is 15.2. The molecule has 0 radical (unpaired) electrons. The molecule has 1 atom stereocenters. The molecule has 0 aliphatic carbocycles. The van der Waals surface area contributed by atoms with Gasteiger partial charge in [-0.15, -0.1) is 0 Å². The summed E-state index contributed by atoms with van der Waals surface area (Å²) in [6.07, 6.45) is 4.70. The molecule has 1 aliphatic heterocycles. The first-order chi connectivity index (χ1) is 21.5. The van der Waals surface area contributed by atoms with Crippen molar-refractivity contribution in [2.24, 2.45) is 5.92 Å². The predicted molar refractivity (Wildman–Crippen MR) is 173 cm³/mol. The summed E-state index contributed by atoms with van der Waals surface area (Å²) >= 11 is 0. The van der Waals surface area contributed by atoms with Gasteiger partial charge in [0.1, 0.15) is 17.0 Å². The highest BCUT2D eigenvalue weighted by molar-refractivity contribution is 6.03. The fourth-order valence-corrected chi connectivity index (χ4v) is 5.71. The first-order valence-corrected chi connectivity index (χ1v) is 15.0. The van der Waals surface area contributed by atoms with Crippen molar-refractivity contribution in [3.05, 3.63) is 124 Å². The molecule has 1 aromatic heterocycles. The molecule has 232 valence electrons. The molecule has 0 saturated heterocycles. The zero-order chi connectivity index (χ0) is 32.1. The van der Waals surface area contributed by atoms with Gasteiger partial charge in [-0.05, 0) is 62.8 Å². The van der Waals surface area contributed by atoms with Crippen LogP contribution in [0.5, 0.6) is 5.75 Å². The van der Waals surface area contributed by atoms with Gasteiger partial charge in [0.05, 0.1) is 10.6 Å². The average molecular weight is 608 g/mol. The Labute approximate surface area is 262 Å². The van der Waals surface area contributed by atoms with E-state index in [0.29, 0.717) is 42.8 Å². The van der Waals surface area contributed by atoms with E-state index >= 15 is 0 Å². The largest absolute Gasteiger partial charge is 0.508 e. The van der Waals surface area contributed by atoms with Crippen molar-refractivity contribution in [2.45, 2.75) is 45.6 Å². The van der Waals surface area contributed by atoms with E-state index < -0.39 is 10.5 Å². The first kappa shape index (κ1) is 31.3. The molecule has 0 fully saturated rings. The van der Waals surface area contributed by atoms with Crippen LogP contribution in [-0.2, 0) is 11.2 Å². The third kappa shape index (κ3) is 7.67. The summed E-state index contributed by atoms with van der Waals surface area (Å²) in [5, 5.41) is 22.1. The molecule has 9 nitrogen and oxygen atoms in total. The van der Waals surface area contributed by atoms with Gasteiger partial charge < -0.3 is 19.3 Å². The van der Waals surface area contributed by atoms with Crippen LogP contribution in [0.4, 0.5) is 10.5 Å². The van der Waals surface area contributed by atoms with Gasteiger partial charge in [-0.3, -0.25) is 14.9 Å². The van der Waals surface area contributed by atoms with Gasteiger partial charge in [0.25, 0.3) is 5.69 Å². The van der Waals surface area contributed by atoms with Crippen LogP contribution >= 0.6 is 0 Å². The van der Waals surface area contributed by atoms with Crippen LogP contribution in [0.1, 0.15) is 49.5 Å². The fourth-order valence-electron chi connectivity index (χ4n) is 5.71. The van der Waals surface area contributed by atoms with Crippen LogP contribution in [0.2, 0.25) is 0 Å². The van der Waals surface area contributed by atoms with Gasteiger partial charge in [0.15, 0.2) is 5.78 Å². The third-order valence-corrected chi connectivity index (χ3v) is 7.66. The van der Waals surface area contributed by atoms with Crippen molar-refractivity contribution in [3.63, 3.8) is 0 Å². The average Bonchev–Trinajstić information content (AvgIpc) is 3.34. The van der Waals surface area contributed by atoms with Gasteiger partial charge in [-0.25, -0.2) is 4.79 Å². The lowest BCUT2D eigenvalue weighted by atomic mass is 9.93. The molecule has 1 N–H and O–H groups in total. The van der Waals surface area contributed by atoms with Crippen molar-refractivity contribution < 1.29 is 24.4 Å². The number of ketones is 1. The lowest BCUT2D eigenvalue weighted by Gasteiger charge is -2.28. The van der Waals surface area contributed by atoms with Crippen molar-refractivity contribution in [1.29, 1.82) is 0 Å². The number of aromatic nitrogens is 1. The summed E-state index contributed by atoms with van der Waals surface area (Å²) in [5.74, 6) is -0.303. The van der Waals surface area contributed by atoms with Gasteiger partial charge >= 0.3 is 6.09 Å². The minimum absolute atomic E-state index is 0.0293. The summed E-state index contributed by atoms with van der Waals surface area (Å²) in [4.78, 5) is 40.3. The highest BCUT2D eigenvalue weighted by atomic mass is 16.6. The van der Waals surface area contributed by atoms with E-state index in [2.05, 4.69) is 18.2 Å². The number of ether oxygens (including phenoxy) is 1. The molecule has 9 heteroatoms. The summed E-state index contributed by atoms with van der Waals surface area (Å²) < 4.78 is 7.28. The highest BCUT2D eigenvalue weighted by Gasteiger charge is 2.29. The molecular weight excluding hydrogens is 570 g/mol. The quantitative estimate of drug-likeness (QED) is 0.0948. The van der Waals surface area contributed by atoms with Gasteiger partial charge in [0, 0.05) is 43.4 Å². The van der Waals surface area contributed by atoms with E-state index in [-0.39, 0.29) is 41.3 Å². The number of phenolic OH excluding ortho intramolecular Hbond substituents is 1. The second-order valence-corrected chi connectivity index (χ2v) is 12.3. The third-order valence-electron chi connectivity index (χ3n) is 7.66. The number of nitro benzene ring substituents is 1. The van der Waals surface area contributed by atoms with E-state index in [1.807, 2.05) is 69.3 Å². The Morgan fingerprint density at radius 3 is 2.36 bits per heavy atom. The zero-order valence-corrected chi connectivity index (χ0v) is 25.7. The molecular formula is C36H37N3O6. The molecule has 1 aliphatic rings. The number of hydrogen-bond donors (Lipinski definition) is 1. The summed E-state index contributed by atoms with van der Waals surface area (Å²) in [6.45, 7) is 6.41. The van der Waals surface area contributed by atoms with E-state index in [0.717, 1.165) is 11.1 Å². The number of rotatable bonds is 8. The Morgan fingerprint density at radius 1 is 1.00 bits per heavy atom. The number of carbonyl (C=O) groups excluding carboxylic acids is 2. The number of hydrogen-bond acceptors (Lipinski definition) is 6. The van der Waals surface area contributed by atoms with Crippen LogP contribution < -0.4 is 0 Å². The lowest BCUT2D eigenvalue weighted by Crippen LogP contribution is -2.39. The molecule has 1 amide bonds. The molecule has 45 heavy (non-hydrogen) atoms. The van der Waals surface area contributed by atoms with Crippen LogP contribution in [0, 0.1) is 16.0 Å². The number of amides is 1. The number of Topliss-reactive ketones (excluding diaryl/α,β-unsaturated/α-hetero) is 1. The van der Waals surface area contributed by atoms with Crippen LogP contribution in [0.15, 0.2) is 103 Å². The summed E-state index contributed by atoms with van der Waals surface area (Å²) in [6, 6.07) is 24.8. The Balaban J connectivity index is 1.49. The van der Waals surface area contributed by atoms with Crippen molar-refractivity contribution in [2.75, 3.05) is 13.1 Å². The van der Waals surface area contributed by atoms with E-state index in [4.69, 9.17) is 4.74 Å². The number of nitro groups is 1. The zero-order valence-electron chi connectivity index (χ0n) is 25.7. The van der Waals surface area contributed by atoms with E-state index in [1.54, 1.807) is 21.7 Å². The Kier molecular flexibility index (Phi) is 9.18. The topological polar surface area (TPSA) is 115 Å². The predicted octanol–water partition coefficient (Wildman–Crippen LogP) is 7.76. The van der Waals surface area contributed by atoms with Crippen molar-refractivity contribution >= 4 is 17.6 Å². The molecule has 0 bridgehead atoms. The number of aromatic hydroxyl groups is 1. The maximum atomic E-state index is 14.1. The number of phenols is 1. The molecule has 0 unspecified atom stereocenters. The Bertz CT molecular complexity index is 1720. The second-order valence-electron chi connectivity index (χ2n) is 12.3. The molecule has 0 saturated carbocycles. The van der Waals surface area contributed by atoms with Crippen molar-refractivity contribution in [3.8, 4) is 22.7 Å². The number of nitrogens with zero attached hydrogens (tertiary/aromatic N) is 3. The van der Waals surface area contributed by atoms with Crippen LogP contribution in [-0.4, -0.2) is 50.1 Å². The lowest BCUT2D eigenvalue weighted by molar-refractivity contribution is -0.384. The minimum atomic E-state index is -0.629.